The highest BCUT2D eigenvalue weighted by atomic mass is 127. The first-order chi connectivity index (χ1) is 21.9. The lowest BCUT2D eigenvalue weighted by molar-refractivity contribution is -0.156. The Balaban J connectivity index is 1.43. The molecule has 46 heavy (non-hydrogen) atoms. The summed E-state index contributed by atoms with van der Waals surface area (Å²) >= 11 is 2.20. The number of ether oxygens (including phenoxy) is 2. The van der Waals surface area contributed by atoms with Crippen molar-refractivity contribution < 1.29 is 29.3 Å². The molecule has 9 heteroatoms. The van der Waals surface area contributed by atoms with E-state index in [0.717, 1.165) is 35.2 Å². The number of aliphatic hydroxyl groups is 2. The standard InChI is InChI=1S/C37H55IN2O6/c1-22(2)27-13-10-23(3)16-32(27)45-21-34(42)40(20-24-11-12-26-19-28(24)37(26,4)5)30-17-25(36(44)39-14-15-41)18-33(35(30)43)46-31-9-7-6-8-29(31)38/h6-9,18,22-24,26-28,30,32-33,35,41,43H,10-17,19-21H2,1-5H3,(H,39,44)/t23-,24-,26-,27+,28-,30+,32-,33-,35-/m0/s1. The van der Waals surface area contributed by atoms with Gasteiger partial charge in [0.2, 0.25) is 11.8 Å². The number of carbonyl (C=O) groups excluding carboxylic acids is 2. The summed E-state index contributed by atoms with van der Waals surface area (Å²) in [5, 5.41) is 24.1. The number of aliphatic hydroxyl groups excluding tert-OH is 2. The Morgan fingerprint density at radius 1 is 1.13 bits per heavy atom. The van der Waals surface area contributed by atoms with E-state index in [0.29, 0.717) is 47.5 Å². The van der Waals surface area contributed by atoms with Crippen LogP contribution in [0.4, 0.5) is 0 Å². The van der Waals surface area contributed by atoms with Crippen molar-refractivity contribution in [3.8, 4) is 5.75 Å². The number of rotatable bonds is 12. The maximum absolute atomic E-state index is 14.4. The molecule has 0 radical (unpaired) electrons. The van der Waals surface area contributed by atoms with Gasteiger partial charge < -0.3 is 29.9 Å². The Bertz CT molecular complexity index is 1250. The van der Waals surface area contributed by atoms with E-state index in [1.807, 2.05) is 29.2 Å². The van der Waals surface area contributed by atoms with Crippen LogP contribution in [0.2, 0.25) is 0 Å². The van der Waals surface area contributed by atoms with Gasteiger partial charge in [-0.15, -0.1) is 0 Å². The summed E-state index contributed by atoms with van der Waals surface area (Å²) in [7, 11) is 0. The number of amides is 2. The van der Waals surface area contributed by atoms with E-state index in [1.165, 1.54) is 12.8 Å². The summed E-state index contributed by atoms with van der Waals surface area (Å²) in [6, 6.07) is 6.92. The Kier molecular flexibility index (Phi) is 11.8. The average Bonchev–Trinajstić information content (AvgIpc) is 3.03. The molecule has 9 atom stereocenters. The van der Waals surface area contributed by atoms with E-state index in [9.17, 15) is 19.8 Å². The van der Waals surface area contributed by atoms with Crippen LogP contribution in [0.5, 0.6) is 5.75 Å². The largest absolute Gasteiger partial charge is 0.482 e. The zero-order valence-corrected chi connectivity index (χ0v) is 30.4. The Labute approximate surface area is 289 Å². The number of hydrogen-bond acceptors (Lipinski definition) is 6. The first-order valence-electron chi connectivity index (χ1n) is 17.5. The quantitative estimate of drug-likeness (QED) is 0.241. The third-order valence-corrected chi connectivity index (χ3v) is 12.7. The highest BCUT2D eigenvalue weighted by molar-refractivity contribution is 14.1. The van der Waals surface area contributed by atoms with Crippen LogP contribution >= 0.6 is 22.6 Å². The van der Waals surface area contributed by atoms with Crippen LogP contribution in [-0.4, -0.2) is 77.6 Å². The maximum Gasteiger partial charge on any atom is 0.248 e. The van der Waals surface area contributed by atoms with Crippen LogP contribution in [0.3, 0.4) is 0 Å². The van der Waals surface area contributed by atoms with Gasteiger partial charge in [-0.2, -0.15) is 0 Å². The van der Waals surface area contributed by atoms with E-state index in [1.54, 1.807) is 6.08 Å². The Morgan fingerprint density at radius 2 is 1.89 bits per heavy atom. The summed E-state index contributed by atoms with van der Waals surface area (Å²) in [4.78, 5) is 29.6. The van der Waals surface area contributed by atoms with Crippen molar-refractivity contribution >= 4 is 34.4 Å². The topological polar surface area (TPSA) is 108 Å². The summed E-state index contributed by atoms with van der Waals surface area (Å²) in [6.45, 7) is 11.9. The number of nitrogens with zero attached hydrogens (tertiary/aromatic N) is 1. The van der Waals surface area contributed by atoms with Crippen molar-refractivity contribution in [2.24, 2.45) is 40.9 Å². The smallest absolute Gasteiger partial charge is 0.248 e. The molecule has 0 saturated heterocycles. The summed E-state index contributed by atoms with van der Waals surface area (Å²) in [6.07, 6.45) is 6.69. The van der Waals surface area contributed by atoms with Gasteiger partial charge in [0.25, 0.3) is 0 Å². The lowest BCUT2D eigenvalue weighted by atomic mass is 9.45. The SMILES string of the molecule is CC(C)[C@H]1CC[C@H](C)C[C@@H]1OCC(=O)N(C[C@@H]1CC[C@H]2C[C@@H]1C2(C)C)[C@@H]1CC(C(=O)NCCO)=C[C@H](Oc2ccccc2I)[C@H]1O. The van der Waals surface area contributed by atoms with Crippen molar-refractivity contribution in [2.75, 3.05) is 26.3 Å². The van der Waals surface area contributed by atoms with Gasteiger partial charge in [0.15, 0.2) is 0 Å². The van der Waals surface area contributed by atoms with Crippen molar-refractivity contribution in [1.82, 2.24) is 10.2 Å². The van der Waals surface area contributed by atoms with Crippen LogP contribution in [0.15, 0.2) is 35.9 Å². The third-order valence-electron chi connectivity index (χ3n) is 11.8. The van der Waals surface area contributed by atoms with Crippen LogP contribution < -0.4 is 10.1 Å². The van der Waals surface area contributed by atoms with E-state index >= 15 is 0 Å². The molecule has 4 saturated carbocycles. The van der Waals surface area contributed by atoms with Gasteiger partial charge in [-0.1, -0.05) is 53.2 Å². The van der Waals surface area contributed by atoms with Crippen LogP contribution in [0, 0.1) is 44.5 Å². The molecule has 256 valence electrons. The number of benzene rings is 1. The lowest BCUT2D eigenvalue weighted by Crippen LogP contribution is -2.60. The third kappa shape index (κ3) is 7.78. The molecule has 1 aromatic rings. The molecule has 2 bridgehead atoms. The number of hydrogen-bond donors (Lipinski definition) is 3. The van der Waals surface area contributed by atoms with Crippen molar-refractivity contribution in [3.05, 3.63) is 39.5 Å². The molecular formula is C37H55IN2O6. The number of halogens is 1. The molecule has 4 fully saturated rings. The lowest BCUT2D eigenvalue weighted by Gasteiger charge is -2.61. The molecule has 0 heterocycles. The Morgan fingerprint density at radius 3 is 2.57 bits per heavy atom. The maximum atomic E-state index is 14.4. The fraction of sp³-hybridized carbons (Fsp3) is 0.730. The van der Waals surface area contributed by atoms with Crippen molar-refractivity contribution in [1.29, 1.82) is 0 Å². The van der Waals surface area contributed by atoms with E-state index < -0.39 is 18.2 Å². The second-order valence-electron chi connectivity index (χ2n) is 15.4. The van der Waals surface area contributed by atoms with Crippen molar-refractivity contribution in [2.45, 2.75) is 104 Å². The molecule has 3 N–H and O–H groups in total. The number of carbonyl (C=O) groups is 2. The first kappa shape index (κ1) is 35.6. The second-order valence-corrected chi connectivity index (χ2v) is 16.5. The normalized spacial score (nSPS) is 33.5. The number of para-hydroxylation sites is 1. The zero-order valence-electron chi connectivity index (χ0n) is 28.3. The Hall–Kier alpha value is -1.69. The molecule has 1 aromatic carbocycles. The van der Waals surface area contributed by atoms with Gasteiger partial charge in [0.05, 0.1) is 22.3 Å². The van der Waals surface area contributed by atoms with Crippen LogP contribution in [-0.2, 0) is 14.3 Å². The van der Waals surface area contributed by atoms with Gasteiger partial charge in [-0.3, -0.25) is 9.59 Å². The number of fused-ring (bicyclic) bond motifs is 2. The molecule has 0 unspecified atom stereocenters. The minimum Gasteiger partial charge on any atom is -0.482 e. The molecule has 2 amide bonds. The molecule has 0 spiro atoms. The molecule has 0 aliphatic heterocycles. The summed E-state index contributed by atoms with van der Waals surface area (Å²) in [5.41, 5.74) is 0.694. The monoisotopic (exact) mass is 750 g/mol. The predicted octanol–water partition coefficient (Wildman–Crippen LogP) is 5.59. The second kappa shape index (κ2) is 15.2. The molecule has 5 aliphatic carbocycles. The fourth-order valence-electron chi connectivity index (χ4n) is 8.89. The molecular weight excluding hydrogens is 695 g/mol. The molecule has 8 nitrogen and oxygen atoms in total. The summed E-state index contributed by atoms with van der Waals surface area (Å²) < 4.78 is 13.8. The van der Waals surface area contributed by atoms with Gasteiger partial charge in [0.1, 0.15) is 24.6 Å². The molecule has 6 rings (SSSR count). The van der Waals surface area contributed by atoms with Gasteiger partial charge in [-0.25, -0.2) is 0 Å². The summed E-state index contributed by atoms with van der Waals surface area (Å²) in [5.74, 6) is 3.20. The predicted molar refractivity (Wildman–Crippen MR) is 187 cm³/mol. The zero-order chi connectivity index (χ0) is 33.2. The highest BCUT2D eigenvalue weighted by Gasteiger charge is 2.55. The van der Waals surface area contributed by atoms with Crippen LogP contribution in [0.1, 0.15) is 79.6 Å². The van der Waals surface area contributed by atoms with Crippen LogP contribution in [0.25, 0.3) is 0 Å². The van der Waals surface area contributed by atoms with Gasteiger partial charge in [-0.05, 0) is 114 Å². The molecule has 5 aliphatic rings. The minimum absolute atomic E-state index is 0.0304. The van der Waals surface area contributed by atoms with Gasteiger partial charge in [0, 0.05) is 25.1 Å². The van der Waals surface area contributed by atoms with E-state index in [-0.39, 0.29) is 49.5 Å². The average molecular weight is 751 g/mol. The van der Waals surface area contributed by atoms with Crippen molar-refractivity contribution in [3.63, 3.8) is 0 Å². The number of nitrogens with one attached hydrogen (secondary N) is 1. The highest BCUT2D eigenvalue weighted by Crippen LogP contribution is 2.61. The van der Waals surface area contributed by atoms with Gasteiger partial charge >= 0.3 is 0 Å². The molecule has 0 aromatic heterocycles. The fourth-order valence-corrected chi connectivity index (χ4v) is 9.40. The van der Waals surface area contributed by atoms with E-state index in [4.69, 9.17) is 9.47 Å². The minimum atomic E-state index is -1.04. The van der Waals surface area contributed by atoms with E-state index in [2.05, 4.69) is 62.5 Å². The first-order valence-corrected chi connectivity index (χ1v) is 18.6.